The van der Waals surface area contributed by atoms with Gasteiger partial charge in [-0.15, -0.1) is 5.10 Å². The number of hydrogen-bond donors (Lipinski definition) is 1. The number of aryl methyl sites for hydroxylation is 2. The van der Waals surface area contributed by atoms with Gasteiger partial charge in [0.15, 0.2) is 5.75 Å². The highest BCUT2D eigenvalue weighted by atomic mass is 32.3. The fraction of sp³-hybridized carbons (Fsp3) is 0.273. The summed E-state index contributed by atoms with van der Waals surface area (Å²) in [7, 11) is -1.99. The zero-order chi connectivity index (χ0) is 15.8. The quantitative estimate of drug-likeness (QED) is 0.794. The molecule has 0 unspecified atom stereocenters. The first-order chi connectivity index (χ1) is 9.74. The Morgan fingerprint density at radius 2 is 2.00 bits per heavy atom. The van der Waals surface area contributed by atoms with Gasteiger partial charge in [-0.3, -0.25) is 4.55 Å². The maximum absolute atomic E-state index is 12.1. The molecule has 21 heavy (non-hydrogen) atoms. The molecule has 0 fully saturated rings. The van der Waals surface area contributed by atoms with Crippen LogP contribution in [0.15, 0.2) is 23.0 Å². The van der Waals surface area contributed by atoms with Gasteiger partial charge in [-0.2, -0.15) is 8.42 Å². The highest BCUT2D eigenvalue weighted by Crippen LogP contribution is 2.28. The van der Waals surface area contributed by atoms with Crippen molar-refractivity contribution in [1.29, 1.82) is 0 Å². The molecule has 0 saturated carbocycles. The van der Waals surface area contributed by atoms with Gasteiger partial charge in [0.25, 0.3) is 0 Å². The Bertz CT molecular complexity index is 836. The van der Waals surface area contributed by atoms with Crippen molar-refractivity contribution in [3.8, 4) is 17.4 Å². The number of para-hydroxylation sites is 1. The first kappa shape index (κ1) is 15.1. The molecule has 9 nitrogen and oxygen atoms in total. The normalized spacial score (nSPS) is 11.4. The van der Waals surface area contributed by atoms with Crippen molar-refractivity contribution in [3.63, 3.8) is 0 Å². The van der Waals surface area contributed by atoms with E-state index in [9.17, 15) is 13.2 Å². The summed E-state index contributed by atoms with van der Waals surface area (Å²) in [5, 5.41) is 3.86. The summed E-state index contributed by atoms with van der Waals surface area (Å²) in [6.07, 6.45) is 0. The molecule has 0 aliphatic carbocycles. The lowest BCUT2D eigenvalue weighted by Crippen LogP contribution is -2.23. The molecular formula is C11H13N3O6S. The predicted molar refractivity (Wildman–Crippen MR) is 72.3 cm³/mol. The largest absolute Gasteiger partial charge is 0.467 e. The Labute approximate surface area is 120 Å². The van der Waals surface area contributed by atoms with Crippen LogP contribution in [0.1, 0.15) is 5.56 Å². The molecule has 1 N–H and O–H groups in total. The summed E-state index contributed by atoms with van der Waals surface area (Å²) < 4.78 is 42.3. The standard InChI is InChI=1S/C11H13N3O6S/c1-7-5-4-6-8(20-21(16,17)18)9(7)14-10(19-3)12-13(2)11(14)15/h4-6H,1-3H3,(H,16,17,18). The highest BCUT2D eigenvalue weighted by Gasteiger charge is 2.21. The minimum Gasteiger partial charge on any atom is -0.467 e. The Morgan fingerprint density at radius 1 is 1.33 bits per heavy atom. The molecule has 0 spiro atoms. The SMILES string of the molecule is COc1nn(C)c(=O)n1-c1c(C)cccc1OS(=O)(=O)O. The van der Waals surface area contributed by atoms with Crippen LogP contribution in [0.2, 0.25) is 0 Å². The predicted octanol–water partition coefficient (Wildman–Crippen LogP) is 0.0696. The number of methoxy groups -OCH3 is 1. The van der Waals surface area contributed by atoms with E-state index in [1.165, 1.54) is 26.3 Å². The van der Waals surface area contributed by atoms with Gasteiger partial charge < -0.3 is 8.92 Å². The summed E-state index contributed by atoms with van der Waals surface area (Å²) in [6.45, 7) is 1.64. The van der Waals surface area contributed by atoms with Gasteiger partial charge in [-0.05, 0) is 18.6 Å². The summed E-state index contributed by atoms with van der Waals surface area (Å²) in [5.74, 6) is -0.217. The maximum atomic E-state index is 12.1. The first-order valence-electron chi connectivity index (χ1n) is 5.71. The van der Waals surface area contributed by atoms with Crippen molar-refractivity contribution in [2.75, 3.05) is 7.11 Å². The van der Waals surface area contributed by atoms with Crippen LogP contribution in [0.4, 0.5) is 0 Å². The zero-order valence-electron chi connectivity index (χ0n) is 11.5. The van der Waals surface area contributed by atoms with E-state index in [0.29, 0.717) is 5.56 Å². The Balaban J connectivity index is 2.78. The third-order valence-electron chi connectivity index (χ3n) is 2.70. The van der Waals surface area contributed by atoms with Gasteiger partial charge in [-0.25, -0.2) is 14.0 Å². The summed E-state index contributed by atoms with van der Waals surface area (Å²) in [4.78, 5) is 12.1. The summed E-state index contributed by atoms with van der Waals surface area (Å²) >= 11 is 0. The van der Waals surface area contributed by atoms with Gasteiger partial charge >= 0.3 is 22.1 Å². The first-order valence-corrected chi connectivity index (χ1v) is 7.08. The lowest BCUT2D eigenvalue weighted by Gasteiger charge is -2.12. The van der Waals surface area contributed by atoms with E-state index in [1.807, 2.05) is 0 Å². The monoisotopic (exact) mass is 315 g/mol. The molecule has 0 saturated heterocycles. The molecule has 0 atom stereocenters. The smallest absolute Gasteiger partial charge is 0.446 e. The number of aromatic nitrogens is 3. The Hall–Kier alpha value is -2.33. The third kappa shape index (κ3) is 2.90. The van der Waals surface area contributed by atoms with Crippen LogP contribution in [-0.4, -0.2) is 34.4 Å². The van der Waals surface area contributed by atoms with E-state index in [1.54, 1.807) is 13.0 Å². The fourth-order valence-electron chi connectivity index (χ4n) is 1.87. The van der Waals surface area contributed by atoms with Crippen molar-refractivity contribution in [3.05, 3.63) is 34.2 Å². The molecule has 0 bridgehead atoms. The molecule has 0 aliphatic rings. The third-order valence-corrected chi connectivity index (χ3v) is 3.09. The van der Waals surface area contributed by atoms with E-state index in [2.05, 4.69) is 9.28 Å². The molecule has 1 heterocycles. The van der Waals surface area contributed by atoms with Crippen LogP contribution >= 0.6 is 0 Å². The van der Waals surface area contributed by atoms with Gasteiger partial charge in [0.2, 0.25) is 0 Å². The van der Waals surface area contributed by atoms with E-state index in [0.717, 1.165) is 9.25 Å². The van der Waals surface area contributed by atoms with Crippen molar-refractivity contribution >= 4 is 10.4 Å². The lowest BCUT2D eigenvalue weighted by molar-refractivity contribution is 0.364. The van der Waals surface area contributed by atoms with Crippen LogP contribution in [-0.2, 0) is 17.4 Å². The topological polar surface area (TPSA) is 113 Å². The Kier molecular flexibility index (Phi) is 3.75. The number of rotatable bonds is 4. The number of nitrogens with zero attached hydrogens (tertiary/aromatic N) is 3. The van der Waals surface area contributed by atoms with Crippen molar-refractivity contribution in [2.45, 2.75) is 6.92 Å². The van der Waals surface area contributed by atoms with Gasteiger partial charge in [0.05, 0.1) is 7.11 Å². The van der Waals surface area contributed by atoms with Crippen LogP contribution < -0.4 is 14.6 Å². The molecule has 114 valence electrons. The van der Waals surface area contributed by atoms with Gasteiger partial charge in [0, 0.05) is 7.05 Å². The van der Waals surface area contributed by atoms with Crippen molar-refractivity contribution in [1.82, 2.24) is 14.3 Å². The van der Waals surface area contributed by atoms with Crippen LogP contribution in [0.25, 0.3) is 5.69 Å². The second kappa shape index (κ2) is 5.22. The average Bonchev–Trinajstić information content (AvgIpc) is 2.64. The van der Waals surface area contributed by atoms with Crippen LogP contribution in [0, 0.1) is 6.92 Å². The number of benzene rings is 1. The van der Waals surface area contributed by atoms with E-state index >= 15 is 0 Å². The van der Waals surface area contributed by atoms with E-state index in [-0.39, 0.29) is 17.4 Å². The molecular weight excluding hydrogens is 302 g/mol. The minimum absolute atomic E-state index is 0.0445. The molecule has 0 amide bonds. The molecule has 0 radical (unpaired) electrons. The molecule has 2 aromatic rings. The van der Waals surface area contributed by atoms with Gasteiger partial charge in [-0.1, -0.05) is 12.1 Å². The molecule has 1 aromatic carbocycles. The zero-order valence-corrected chi connectivity index (χ0v) is 12.3. The maximum Gasteiger partial charge on any atom is 0.446 e. The molecule has 1 aromatic heterocycles. The van der Waals surface area contributed by atoms with Crippen LogP contribution in [0.3, 0.4) is 0 Å². The van der Waals surface area contributed by atoms with E-state index < -0.39 is 16.1 Å². The van der Waals surface area contributed by atoms with Gasteiger partial charge in [0.1, 0.15) is 5.69 Å². The molecule has 2 rings (SSSR count). The summed E-state index contributed by atoms with van der Waals surface area (Å²) in [6, 6.07) is 4.42. The van der Waals surface area contributed by atoms with Crippen molar-refractivity contribution < 1.29 is 21.9 Å². The second-order valence-corrected chi connectivity index (χ2v) is 5.18. The number of hydrogen-bond acceptors (Lipinski definition) is 6. The Morgan fingerprint density at radius 3 is 2.57 bits per heavy atom. The average molecular weight is 315 g/mol. The molecule has 0 aliphatic heterocycles. The number of ether oxygens (including phenoxy) is 1. The molecule has 10 heteroatoms. The van der Waals surface area contributed by atoms with E-state index in [4.69, 9.17) is 9.29 Å². The minimum atomic E-state index is -4.73. The highest BCUT2D eigenvalue weighted by molar-refractivity contribution is 7.81. The fourth-order valence-corrected chi connectivity index (χ4v) is 2.23. The van der Waals surface area contributed by atoms with Crippen LogP contribution in [0.5, 0.6) is 11.8 Å². The lowest BCUT2D eigenvalue weighted by atomic mass is 10.2. The second-order valence-electron chi connectivity index (χ2n) is 4.16. The summed E-state index contributed by atoms with van der Waals surface area (Å²) in [5.41, 5.74) is 0.0935. The van der Waals surface area contributed by atoms with Crippen molar-refractivity contribution in [2.24, 2.45) is 7.05 Å².